The molecule has 0 aliphatic rings. The normalized spacial score (nSPS) is 12.0. The van der Waals surface area contributed by atoms with Crippen molar-refractivity contribution < 1.29 is 13.2 Å². The summed E-state index contributed by atoms with van der Waals surface area (Å²) < 4.78 is 27.0. The molecule has 0 unspecified atom stereocenters. The van der Waals surface area contributed by atoms with Crippen LogP contribution in [0, 0.1) is 0 Å². The fourth-order valence-corrected chi connectivity index (χ4v) is 2.12. The zero-order chi connectivity index (χ0) is 14.2. The van der Waals surface area contributed by atoms with E-state index in [0.29, 0.717) is 11.2 Å². The van der Waals surface area contributed by atoms with Crippen LogP contribution in [0.1, 0.15) is 24.2 Å². The highest BCUT2D eigenvalue weighted by molar-refractivity contribution is 7.90. The summed E-state index contributed by atoms with van der Waals surface area (Å²) in [6.45, 7) is 3.00. The van der Waals surface area contributed by atoms with Gasteiger partial charge in [0, 0.05) is 13.2 Å². The Morgan fingerprint density at radius 2 is 2.05 bits per heavy atom. The molecule has 8 heteroatoms. The first kappa shape index (κ1) is 13.5. The Morgan fingerprint density at radius 1 is 1.37 bits per heavy atom. The van der Waals surface area contributed by atoms with Gasteiger partial charge in [-0.15, -0.1) is 0 Å². The molecule has 0 radical (unpaired) electrons. The Bertz CT molecular complexity index is 733. The molecular weight excluding hydrogens is 268 g/mol. The summed E-state index contributed by atoms with van der Waals surface area (Å²) in [5.41, 5.74) is 1.09. The Labute approximate surface area is 110 Å². The zero-order valence-electron chi connectivity index (χ0n) is 10.8. The van der Waals surface area contributed by atoms with E-state index in [2.05, 4.69) is 9.97 Å². The van der Waals surface area contributed by atoms with Crippen molar-refractivity contribution >= 4 is 27.1 Å². The van der Waals surface area contributed by atoms with Crippen LogP contribution in [0.2, 0.25) is 0 Å². The van der Waals surface area contributed by atoms with Crippen molar-refractivity contribution in [3.8, 4) is 0 Å². The van der Waals surface area contributed by atoms with E-state index >= 15 is 0 Å². The molecule has 2 aromatic rings. The fourth-order valence-electron chi connectivity index (χ4n) is 1.51. The van der Waals surface area contributed by atoms with Crippen molar-refractivity contribution in [2.24, 2.45) is 7.05 Å². The average Bonchev–Trinajstić information content (AvgIpc) is 2.70. The number of aryl methyl sites for hydroxylation is 1. The predicted molar refractivity (Wildman–Crippen MR) is 70.0 cm³/mol. The molecular formula is C11H14N4O3S. The molecule has 0 fully saturated rings. The summed E-state index contributed by atoms with van der Waals surface area (Å²) in [5, 5.41) is -0.683. The molecule has 0 saturated heterocycles. The van der Waals surface area contributed by atoms with E-state index < -0.39 is 21.2 Å². The van der Waals surface area contributed by atoms with Crippen LogP contribution in [0.25, 0.3) is 11.2 Å². The van der Waals surface area contributed by atoms with Crippen LogP contribution in [-0.2, 0) is 17.1 Å². The Hall–Kier alpha value is -1.96. The average molecular weight is 282 g/mol. The molecule has 0 aliphatic carbocycles. The van der Waals surface area contributed by atoms with Gasteiger partial charge in [0.15, 0.2) is 5.65 Å². The SMILES string of the molecule is CC(C)S(=O)(=O)NC(=O)c1ccnc2c1ncn2C. The highest BCUT2D eigenvalue weighted by atomic mass is 32.2. The summed E-state index contributed by atoms with van der Waals surface area (Å²) in [6, 6.07) is 1.44. The molecule has 2 heterocycles. The lowest BCUT2D eigenvalue weighted by Crippen LogP contribution is -2.35. The van der Waals surface area contributed by atoms with E-state index in [0.717, 1.165) is 0 Å². The summed E-state index contributed by atoms with van der Waals surface area (Å²) in [6.07, 6.45) is 2.96. The molecule has 7 nitrogen and oxygen atoms in total. The monoisotopic (exact) mass is 282 g/mol. The highest BCUT2D eigenvalue weighted by Gasteiger charge is 2.22. The lowest BCUT2D eigenvalue weighted by Gasteiger charge is -2.09. The number of imidazole rings is 1. The summed E-state index contributed by atoms with van der Waals surface area (Å²) in [4.78, 5) is 20.2. The van der Waals surface area contributed by atoms with Gasteiger partial charge in [-0.05, 0) is 19.9 Å². The molecule has 0 spiro atoms. The molecule has 1 N–H and O–H groups in total. The van der Waals surface area contributed by atoms with Crippen LogP contribution in [0.5, 0.6) is 0 Å². The fraction of sp³-hybridized carbons (Fsp3) is 0.364. The van der Waals surface area contributed by atoms with Gasteiger partial charge >= 0.3 is 0 Å². The maximum Gasteiger partial charge on any atom is 0.267 e. The second-order valence-corrected chi connectivity index (χ2v) is 6.65. The third-order valence-electron chi connectivity index (χ3n) is 2.70. The van der Waals surface area contributed by atoms with Crippen molar-refractivity contribution in [1.29, 1.82) is 0 Å². The Morgan fingerprint density at radius 3 is 2.68 bits per heavy atom. The van der Waals surface area contributed by atoms with Crippen LogP contribution in [-0.4, -0.2) is 34.1 Å². The third kappa shape index (κ3) is 2.43. The van der Waals surface area contributed by atoms with Crippen LogP contribution >= 0.6 is 0 Å². The number of aromatic nitrogens is 3. The number of pyridine rings is 1. The minimum absolute atomic E-state index is 0.190. The molecule has 0 saturated carbocycles. The molecule has 0 bridgehead atoms. The number of nitrogens with zero attached hydrogens (tertiary/aromatic N) is 3. The molecule has 0 atom stereocenters. The summed E-state index contributed by atoms with van der Waals surface area (Å²) in [5.74, 6) is -0.695. The minimum Gasteiger partial charge on any atom is -0.318 e. The van der Waals surface area contributed by atoms with Gasteiger partial charge in [-0.25, -0.2) is 23.1 Å². The first-order valence-corrected chi connectivity index (χ1v) is 7.19. The molecule has 102 valence electrons. The second-order valence-electron chi connectivity index (χ2n) is 4.41. The Balaban J connectivity index is 2.43. The Kier molecular flexibility index (Phi) is 3.27. The van der Waals surface area contributed by atoms with Crippen molar-refractivity contribution in [1.82, 2.24) is 19.3 Å². The summed E-state index contributed by atoms with van der Waals surface area (Å²) in [7, 11) is -1.92. The third-order valence-corrected chi connectivity index (χ3v) is 4.41. The molecule has 2 aromatic heterocycles. The number of carbonyl (C=O) groups is 1. The van der Waals surface area contributed by atoms with Gasteiger partial charge in [0.1, 0.15) is 5.52 Å². The lowest BCUT2D eigenvalue weighted by atomic mass is 10.2. The number of rotatable bonds is 3. The number of nitrogens with one attached hydrogen (secondary N) is 1. The largest absolute Gasteiger partial charge is 0.318 e. The number of hydrogen-bond donors (Lipinski definition) is 1. The number of fused-ring (bicyclic) bond motifs is 1. The van der Waals surface area contributed by atoms with Crippen LogP contribution < -0.4 is 4.72 Å². The quantitative estimate of drug-likeness (QED) is 0.881. The van der Waals surface area contributed by atoms with Gasteiger partial charge in [0.25, 0.3) is 5.91 Å². The lowest BCUT2D eigenvalue weighted by molar-refractivity contribution is 0.0982. The van der Waals surface area contributed by atoms with Crippen LogP contribution in [0.4, 0.5) is 0 Å². The number of carbonyl (C=O) groups excluding carboxylic acids is 1. The summed E-state index contributed by atoms with van der Waals surface area (Å²) >= 11 is 0. The predicted octanol–water partition coefficient (Wildman–Crippen LogP) is 0.436. The standard InChI is InChI=1S/C11H14N4O3S/c1-7(2)19(17,18)14-11(16)8-4-5-12-10-9(8)13-6-15(10)3/h4-7H,1-3H3,(H,14,16). The number of amides is 1. The van der Waals surface area contributed by atoms with Crippen molar-refractivity contribution in [3.05, 3.63) is 24.2 Å². The molecule has 0 aromatic carbocycles. The molecule has 19 heavy (non-hydrogen) atoms. The van der Waals surface area contributed by atoms with Crippen LogP contribution in [0.3, 0.4) is 0 Å². The van der Waals surface area contributed by atoms with Gasteiger partial charge in [-0.3, -0.25) is 4.79 Å². The smallest absolute Gasteiger partial charge is 0.267 e. The van der Waals surface area contributed by atoms with Crippen molar-refractivity contribution in [3.63, 3.8) is 0 Å². The number of sulfonamides is 1. The van der Waals surface area contributed by atoms with E-state index in [4.69, 9.17) is 0 Å². The van der Waals surface area contributed by atoms with Gasteiger partial charge < -0.3 is 4.57 Å². The number of hydrogen-bond acceptors (Lipinski definition) is 5. The van der Waals surface area contributed by atoms with E-state index in [9.17, 15) is 13.2 Å². The van der Waals surface area contributed by atoms with Gasteiger partial charge in [-0.1, -0.05) is 0 Å². The molecule has 0 aliphatic heterocycles. The highest BCUT2D eigenvalue weighted by Crippen LogP contribution is 2.14. The van der Waals surface area contributed by atoms with E-state index in [1.165, 1.54) is 32.4 Å². The maximum absolute atomic E-state index is 12.0. The van der Waals surface area contributed by atoms with E-state index in [1.807, 2.05) is 4.72 Å². The van der Waals surface area contributed by atoms with E-state index in [1.54, 1.807) is 11.6 Å². The van der Waals surface area contributed by atoms with E-state index in [-0.39, 0.29) is 5.56 Å². The topological polar surface area (TPSA) is 93.9 Å². The second kappa shape index (κ2) is 4.61. The zero-order valence-corrected chi connectivity index (χ0v) is 11.6. The van der Waals surface area contributed by atoms with Crippen molar-refractivity contribution in [2.75, 3.05) is 0 Å². The maximum atomic E-state index is 12.0. The van der Waals surface area contributed by atoms with Gasteiger partial charge in [0.05, 0.1) is 17.1 Å². The molecule has 2 rings (SSSR count). The first-order valence-electron chi connectivity index (χ1n) is 5.65. The van der Waals surface area contributed by atoms with Gasteiger partial charge in [-0.2, -0.15) is 0 Å². The van der Waals surface area contributed by atoms with Crippen LogP contribution in [0.15, 0.2) is 18.6 Å². The first-order chi connectivity index (χ1) is 8.83. The molecule has 1 amide bonds. The minimum atomic E-state index is -3.66. The van der Waals surface area contributed by atoms with Gasteiger partial charge in [0.2, 0.25) is 10.0 Å². The van der Waals surface area contributed by atoms with Crippen molar-refractivity contribution in [2.45, 2.75) is 19.1 Å².